The number of hydrogen-bond donors (Lipinski definition) is 0. The van der Waals surface area contributed by atoms with E-state index in [1.165, 1.54) is 21.1 Å². The van der Waals surface area contributed by atoms with E-state index in [1.54, 1.807) is 43.3 Å². The molecule has 0 atom stereocenters. The molecule has 0 heterocycles. The lowest BCUT2D eigenvalue weighted by molar-refractivity contribution is -0.136. The van der Waals surface area contributed by atoms with Gasteiger partial charge in [0, 0.05) is 11.9 Å². The zero-order chi connectivity index (χ0) is 24.0. The fourth-order valence-electron chi connectivity index (χ4n) is 1.96. The van der Waals surface area contributed by atoms with E-state index in [9.17, 15) is 14.4 Å². The standard InChI is InChI=1S/C11H12O2.C8H7ClO2.C5H8O2/c1-8(2)9-4-6-10(7-5-9)11(12)13-3;1-11-8(10)6-2-4-7(9)5-3-6;1-4(2)7-5(3)6/h4-7H,1H2,2-3H3;2-5H,1H3;1H2,2-3H3. The van der Waals surface area contributed by atoms with Gasteiger partial charge >= 0.3 is 17.9 Å². The van der Waals surface area contributed by atoms with Crippen LogP contribution in [0, 0.1) is 0 Å². The highest BCUT2D eigenvalue weighted by Gasteiger charge is 2.04. The largest absolute Gasteiger partial charge is 0.465 e. The predicted molar refractivity (Wildman–Crippen MR) is 122 cm³/mol. The smallest absolute Gasteiger partial charge is 0.337 e. The van der Waals surface area contributed by atoms with Crippen LogP contribution >= 0.6 is 11.6 Å². The lowest BCUT2D eigenvalue weighted by Gasteiger charge is -2.01. The molecule has 31 heavy (non-hydrogen) atoms. The minimum atomic E-state index is -0.346. The Kier molecular flexibility index (Phi) is 13.0. The third-order valence-electron chi connectivity index (χ3n) is 3.38. The Bertz CT molecular complexity index is 887. The Hall–Kier alpha value is -3.38. The zero-order valence-corrected chi connectivity index (χ0v) is 19.1. The number of benzene rings is 2. The molecule has 0 saturated heterocycles. The number of allylic oxidation sites excluding steroid dienone is 2. The molecule has 0 aromatic heterocycles. The van der Waals surface area contributed by atoms with Gasteiger partial charge in [-0.2, -0.15) is 0 Å². The Balaban J connectivity index is 0.000000457. The summed E-state index contributed by atoms with van der Waals surface area (Å²) in [4.78, 5) is 31.9. The second-order valence-corrected chi connectivity index (χ2v) is 6.58. The molecule has 0 fully saturated rings. The molecule has 2 aromatic rings. The van der Waals surface area contributed by atoms with Crippen LogP contribution in [0.25, 0.3) is 5.57 Å². The Morgan fingerprint density at radius 2 is 1.06 bits per heavy atom. The van der Waals surface area contributed by atoms with E-state index in [2.05, 4.69) is 27.4 Å². The number of ether oxygens (including phenoxy) is 3. The van der Waals surface area contributed by atoms with E-state index >= 15 is 0 Å². The lowest BCUT2D eigenvalue weighted by atomic mass is 10.1. The second-order valence-electron chi connectivity index (χ2n) is 6.14. The summed E-state index contributed by atoms with van der Waals surface area (Å²) in [6, 6.07) is 13.7. The van der Waals surface area contributed by atoms with Gasteiger partial charge in [-0.1, -0.05) is 42.5 Å². The van der Waals surface area contributed by atoms with Crippen molar-refractivity contribution in [3.63, 3.8) is 0 Å². The molecule has 7 heteroatoms. The van der Waals surface area contributed by atoms with E-state index in [4.69, 9.17) is 11.6 Å². The summed E-state index contributed by atoms with van der Waals surface area (Å²) in [6.45, 7) is 12.0. The number of halogens is 1. The molecular formula is C24H27ClO6. The van der Waals surface area contributed by atoms with E-state index in [-0.39, 0.29) is 17.9 Å². The zero-order valence-electron chi connectivity index (χ0n) is 18.4. The highest BCUT2D eigenvalue weighted by Crippen LogP contribution is 2.12. The summed E-state index contributed by atoms with van der Waals surface area (Å²) in [7, 11) is 2.71. The van der Waals surface area contributed by atoms with Gasteiger partial charge < -0.3 is 14.2 Å². The Morgan fingerprint density at radius 1 is 0.710 bits per heavy atom. The minimum Gasteiger partial charge on any atom is -0.465 e. The van der Waals surface area contributed by atoms with Crippen LogP contribution in [0.4, 0.5) is 0 Å². The van der Waals surface area contributed by atoms with Crippen molar-refractivity contribution in [1.82, 2.24) is 0 Å². The molecule has 2 aromatic carbocycles. The lowest BCUT2D eigenvalue weighted by Crippen LogP contribution is -2.00. The molecule has 0 aliphatic rings. The third-order valence-corrected chi connectivity index (χ3v) is 3.63. The van der Waals surface area contributed by atoms with Crippen molar-refractivity contribution in [2.24, 2.45) is 0 Å². The topological polar surface area (TPSA) is 78.9 Å². The monoisotopic (exact) mass is 446 g/mol. The summed E-state index contributed by atoms with van der Waals surface area (Å²) in [5, 5.41) is 0.609. The minimum absolute atomic E-state index is 0.312. The van der Waals surface area contributed by atoms with Crippen molar-refractivity contribution in [1.29, 1.82) is 0 Å². The first-order valence-electron chi connectivity index (χ1n) is 9.03. The molecule has 0 aliphatic heterocycles. The maximum Gasteiger partial charge on any atom is 0.337 e. The number of carbonyl (C=O) groups is 3. The van der Waals surface area contributed by atoms with Crippen molar-refractivity contribution in [3.05, 3.63) is 89.2 Å². The molecule has 0 saturated carbocycles. The second kappa shape index (κ2) is 14.6. The fourth-order valence-corrected chi connectivity index (χ4v) is 2.08. The van der Waals surface area contributed by atoms with Gasteiger partial charge in [-0.05, 0) is 55.8 Å². The van der Waals surface area contributed by atoms with Crippen LogP contribution in [0.3, 0.4) is 0 Å². The van der Waals surface area contributed by atoms with Gasteiger partial charge in [0.15, 0.2) is 0 Å². The van der Waals surface area contributed by atoms with Gasteiger partial charge in [0.05, 0.1) is 31.1 Å². The maximum atomic E-state index is 11.0. The van der Waals surface area contributed by atoms with Crippen molar-refractivity contribution >= 4 is 35.1 Å². The van der Waals surface area contributed by atoms with E-state index in [1.807, 2.05) is 19.1 Å². The van der Waals surface area contributed by atoms with Gasteiger partial charge in [-0.15, -0.1) is 0 Å². The summed E-state index contributed by atoms with van der Waals surface area (Å²) in [6.07, 6.45) is 0. The summed E-state index contributed by atoms with van der Waals surface area (Å²) < 4.78 is 13.5. The van der Waals surface area contributed by atoms with Crippen LogP contribution in [0.2, 0.25) is 5.02 Å². The quantitative estimate of drug-likeness (QED) is 0.339. The van der Waals surface area contributed by atoms with Crippen LogP contribution in [0.5, 0.6) is 0 Å². The molecule has 0 N–H and O–H groups in total. The summed E-state index contributed by atoms with van der Waals surface area (Å²) in [5.74, 6) is -0.532. The molecule has 6 nitrogen and oxygen atoms in total. The van der Waals surface area contributed by atoms with Crippen molar-refractivity contribution in [2.75, 3.05) is 14.2 Å². The van der Waals surface area contributed by atoms with Crippen LogP contribution in [-0.4, -0.2) is 32.1 Å². The fraction of sp³-hybridized carbons (Fsp3) is 0.208. The third kappa shape index (κ3) is 12.0. The highest BCUT2D eigenvalue weighted by molar-refractivity contribution is 6.30. The van der Waals surface area contributed by atoms with E-state index < -0.39 is 0 Å². The predicted octanol–water partition coefficient (Wildman–Crippen LogP) is 5.72. The molecule has 0 radical (unpaired) electrons. The number of esters is 3. The maximum absolute atomic E-state index is 11.0. The Morgan fingerprint density at radius 3 is 1.32 bits per heavy atom. The first-order chi connectivity index (χ1) is 14.5. The number of carbonyl (C=O) groups excluding carboxylic acids is 3. The molecule has 0 aliphatic carbocycles. The normalized spacial score (nSPS) is 8.97. The number of rotatable bonds is 4. The van der Waals surface area contributed by atoms with Gasteiger partial charge in [0.2, 0.25) is 0 Å². The molecule has 0 unspecified atom stereocenters. The molecule has 2 rings (SSSR count). The first kappa shape index (κ1) is 27.6. The molecule has 166 valence electrons. The van der Waals surface area contributed by atoms with Crippen LogP contribution in [-0.2, 0) is 19.0 Å². The highest BCUT2D eigenvalue weighted by atomic mass is 35.5. The SMILES string of the molecule is C=C(C)OC(C)=O.C=C(C)c1ccc(C(=O)OC)cc1.COC(=O)c1ccc(Cl)cc1. The molecular weight excluding hydrogens is 420 g/mol. The first-order valence-corrected chi connectivity index (χ1v) is 9.41. The number of methoxy groups -OCH3 is 2. The number of hydrogen-bond acceptors (Lipinski definition) is 6. The van der Waals surface area contributed by atoms with Gasteiger partial charge in [0.1, 0.15) is 0 Å². The summed E-state index contributed by atoms with van der Waals surface area (Å²) in [5.41, 5.74) is 3.09. The Labute approximate surface area is 188 Å². The van der Waals surface area contributed by atoms with Crippen LogP contribution < -0.4 is 0 Å². The van der Waals surface area contributed by atoms with E-state index in [0.29, 0.717) is 21.9 Å². The van der Waals surface area contributed by atoms with Crippen molar-refractivity contribution < 1.29 is 28.6 Å². The van der Waals surface area contributed by atoms with Crippen LogP contribution in [0.15, 0.2) is 67.4 Å². The molecule has 0 spiro atoms. The average Bonchev–Trinajstić information content (AvgIpc) is 2.73. The van der Waals surface area contributed by atoms with Gasteiger partial charge in [-0.25, -0.2) is 9.59 Å². The average molecular weight is 447 g/mol. The van der Waals surface area contributed by atoms with Crippen molar-refractivity contribution in [2.45, 2.75) is 20.8 Å². The van der Waals surface area contributed by atoms with E-state index in [0.717, 1.165) is 11.1 Å². The van der Waals surface area contributed by atoms with Gasteiger partial charge in [0.25, 0.3) is 0 Å². The van der Waals surface area contributed by atoms with Crippen molar-refractivity contribution in [3.8, 4) is 0 Å². The molecule has 0 amide bonds. The summed E-state index contributed by atoms with van der Waals surface area (Å²) >= 11 is 5.61. The van der Waals surface area contributed by atoms with Gasteiger partial charge in [-0.3, -0.25) is 4.79 Å². The molecule has 0 bridgehead atoms. The van der Waals surface area contributed by atoms with Crippen LogP contribution in [0.1, 0.15) is 47.1 Å².